The lowest BCUT2D eigenvalue weighted by Gasteiger charge is -2.25. The van der Waals surface area contributed by atoms with Gasteiger partial charge in [0, 0.05) is 13.1 Å². The summed E-state index contributed by atoms with van der Waals surface area (Å²) in [5.41, 5.74) is 0. The summed E-state index contributed by atoms with van der Waals surface area (Å²) in [6.07, 6.45) is 30.3. The van der Waals surface area contributed by atoms with Crippen LogP contribution in [0.4, 0.5) is 0 Å². The highest BCUT2D eigenvalue weighted by molar-refractivity contribution is 4.60. The van der Waals surface area contributed by atoms with Crippen molar-refractivity contribution in [1.29, 1.82) is 0 Å². The highest BCUT2D eigenvalue weighted by Crippen LogP contribution is 2.14. The highest BCUT2D eigenvalue weighted by Gasteiger charge is 2.09. The summed E-state index contributed by atoms with van der Waals surface area (Å²) in [5.74, 6) is 0. The van der Waals surface area contributed by atoms with Crippen LogP contribution in [0, 0.1) is 0 Å². The Bertz CT molecular complexity index is 305. The maximum atomic E-state index is 10.1. The Balaban J connectivity index is 3.42. The molecule has 0 aromatic heterocycles. The van der Waals surface area contributed by atoms with Crippen molar-refractivity contribution >= 4 is 0 Å². The largest absolute Gasteiger partial charge is 0.379 e. The molecule has 0 aromatic carbocycles. The lowest BCUT2D eigenvalue weighted by Crippen LogP contribution is -2.34. The molecule has 0 bridgehead atoms. The minimum absolute atomic E-state index is 0.281. The van der Waals surface area contributed by atoms with Crippen molar-refractivity contribution in [2.24, 2.45) is 0 Å². The molecule has 1 unspecified atom stereocenters. The van der Waals surface area contributed by atoms with Gasteiger partial charge in [0.2, 0.25) is 0 Å². The maximum absolute atomic E-state index is 10.1. The first-order valence-electron chi connectivity index (χ1n) is 14.1. The summed E-state index contributed by atoms with van der Waals surface area (Å²) in [5, 5.41) is 10.1. The molecule has 1 atom stereocenters. The SMILES string of the molecule is CCCCCCCCCCCCCCN(CCCCCCCCCCCC)C(C)O. The zero-order chi connectivity index (χ0) is 22.1. The van der Waals surface area contributed by atoms with Gasteiger partial charge in [0.05, 0.1) is 0 Å². The van der Waals surface area contributed by atoms with E-state index < -0.39 is 0 Å². The van der Waals surface area contributed by atoms with E-state index in [9.17, 15) is 5.11 Å². The topological polar surface area (TPSA) is 23.5 Å². The molecular weight excluding hydrogens is 366 g/mol. The third-order valence-electron chi connectivity index (χ3n) is 6.63. The Morgan fingerprint density at radius 1 is 0.433 bits per heavy atom. The molecule has 0 spiro atoms. The molecule has 0 saturated carbocycles. The monoisotopic (exact) mass is 425 g/mol. The van der Waals surface area contributed by atoms with Crippen molar-refractivity contribution < 1.29 is 5.11 Å². The third-order valence-corrected chi connectivity index (χ3v) is 6.63. The quantitative estimate of drug-likeness (QED) is 0.116. The summed E-state index contributed by atoms with van der Waals surface area (Å²) in [4.78, 5) is 2.29. The van der Waals surface area contributed by atoms with Crippen molar-refractivity contribution in [2.75, 3.05) is 13.1 Å². The van der Waals surface area contributed by atoms with Crippen LogP contribution in [0.2, 0.25) is 0 Å². The second-order valence-electron chi connectivity index (χ2n) is 9.74. The predicted molar refractivity (Wildman–Crippen MR) is 136 cm³/mol. The van der Waals surface area contributed by atoms with Gasteiger partial charge < -0.3 is 5.11 Å². The molecule has 0 rings (SSSR count). The van der Waals surface area contributed by atoms with Gasteiger partial charge in [0.15, 0.2) is 0 Å². The molecule has 0 aliphatic rings. The van der Waals surface area contributed by atoms with Crippen LogP contribution in [0.1, 0.15) is 162 Å². The molecule has 1 N–H and O–H groups in total. The Morgan fingerprint density at radius 3 is 0.900 bits per heavy atom. The molecule has 0 saturated heterocycles. The Labute approximate surface area is 191 Å². The van der Waals surface area contributed by atoms with E-state index in [1.807, 2.05) is 6.92 Å². The predicted octanol–water partition coefficient (Wildman–Crippen LogP) is 9.25. The smallest absolute Gasteiger partial charge is 0.104 e. The van der Waals surface area contributed by atoms with E-state index in [0.717, 1.165) is 13.1 Å². The number of nitrogens with zero attached hydrogens (tertiary/aromatic N) is 1. The van der Waals surface area contributed by atoms with Gasteiger partial charge in [-0.05, 0) is 19.8 Å². The second kappa shape index (κ2) is 25.2. The zero-order valence-electron chi connectivity index (χ0n) is 21.4. The van der Waals surface area contributed by atoms with E-state index >= 15 is 0 Å². The Morgan fingerprint density at radius 2 is 0.667 bits per heavy atom. The van der Waals surface area contributed by atoms with Gasteiger partial charge in [-0.15, -0.1) is 0 Å². The molecule has 0 heterocycles. The van der Waals surface area contributed by atoms with Gasteiger partial charge >= 0.3 is 0 Å². The number of hydrogen-bond acceptors (Lipinski definition) is 2. The van der Waals surface area contributed by atoms with E-state index in [1.54, 1.807) is 0 Å². The molecule has 0 aliphatic heterocycles. The Kier molecular flexibility index (Phi) is 25.1. The van der Waals surface area contributed by atoms with Gasteiger partial charge in [-0.2, -0.15) is 0 Å². The van der Waals surface area contributed by atoms with Gasteiger partial charge in [-0.25, -0.2) is 0 Å². The number of hydrogen-bond donors (Lipinski definition) is 1. The average Bonchev–Trinajstić information content (AvgIpc) is 2.74. The van der Waals surface area contributed by atoms with E-state index in [0.29, 0.717) is 0 Å². The van der Waals surface area contributed by atoms with E-state index in [2.05, 4.69) is 18.7 Å². The first kappa shape index (κ1) is 29.9. The second-order valence-corrected chi connectivity index (χ2v) is 9.74. The summed E-state index contributed by atoms with van der Waals surface area (Å²) in [6, 6.07) is 0. The molecule has 0 fully saturated rings. The van der Waals surface area contributed by atoms with E-state index in [-0.39, 0.29) is 6.23 Å². The molecule has 30 heavy (non-hydrogen) atoms. The first-order valence-corrected chi connectivity index (χ1v) is 14.1. The van der Waals surface area contributed by atoms with E-state index in [4.69, 9.17) is 0 Å². The first-order chi connectivity index (χ1) is 14.7. The minimum atomic E-state index is -0.281. The third kappa shape index (κ3) is 22.6. The van der Waals surface area contributed by atoms with Gasteiger partial charge in [-0.3, -0.25) is 4.90 Å². The summed E-state index contributed by atoms with van der Waals surface area (Å²) >= 11 is 0. The van der Waals surface area contributed by atoms with Crippen LogP contribution >= 0.6 is 0 Å². The van der Waals surface area contributed by atoms with E-state index in [1.165, 1.54) is 141 Å². The number of rotatable bonds is 25. The van der Waals surface area contributed by atoms with Crippen LogP contribution < -0.4 is 0 Å². The van der Waals surface area contributed by atoms with Crippen LogP contribution in [0.3, 0.4) is 0 Å². The minimum Gasteiger partial charge on any atom is -0.379 e. The zero-order valence-corrected chi connectivity index (χ0v) is 21.4. The summed E-state index contributed by atoms with van der Waals surface area (Å²) in [7, 11) is 0. The fourth-order valence-corrected chi connectivity index (χ4v) is 4.44. The Hall–Kier alpha value is -0.0800. The van der Waals surface area contributed by atoms with Gasteiger partial charge in [0.25, 0.3) is 0 Å². The molecule has 182 valence electrons. The van der Waals surface area contributed by atoms with Gasteiger partial charge in [0.1, 0.15) is 6.23 Å². The van der Waals surface area contributed by atoms with Crippen LogP contribution in [0.25, 0.3) is 0 Å². The van der Waals surface area contributed by atoms with Crippen LogP contribution in [0.5, 0.6) is 0 Å². The summed E-state index contributed by atoms with van der Waals surface area (Å²) in [6.45, 7) is 8.67. The average molecular weight is 426 g/mol. The number of unbranched alkanes of at least 4 members (excludes halogenated alkanes) is 20. The van der Waals surface area contributed by atoms with Gasteiger partial charge in [-0.1, -0.05) is 142 Å². The van der Waals surface area contributed by atoms with Crippen LogP contribution in [-0.2, 0) is 0 Å². The van der Waals surface area contributed by atoms with Crippen molar-refractivity contribution in [1.82, 2.24) is 4.90 Å². The van der Waals surface area contributed by atoms with Crippen LogP contribution in [-0.4, -0.2) is 29.3 Å². The molecule has 0 amide bonds. The van der Waals surface area contributed by atoms with Crippen LogP contribution in [0.15, 0.2) is 0 Å². The fraction of sp³-hybridized carbons (Fsp3) is 1.00. The van der Waals surface area contributed by atoms with Crippen molar-refractivity contribution in [2.45, 2.75) is 168 Å². The molecule has 0 aliphatic carbocycles. The maximum Gasteiger partial charge on any atom is 0.104 e. The molecule has 0 aromatic rings. The fourth-order valence-electron chi connectivity index (χ4n) is 4.44. The summed E-state index contributed by atoms with van der Waals surface area (Å²) < 4.78 is 0. The highest BCUT2D eigenvalue weighted by atomic mass is 16.3. The normalized spacial score (nSPS) is 12.7. The number of aliphatic hydroxyl groups excluding tert-OH is 1. The van der Waals surface area contributed by atoms with Crippen molar-refractivity contribution in [3.8, 4) is 0 Å². The molecule has 2 nitrogen and oxygen atoms in total. The van der Waals surface area contributed by atoms with Crippen molar-refractivity contribution in [3.63, 3.8) is 0 Å². The molecular formula is C28H59NO. The molecule has 2 heteroatoms. The standard InChI is InChI=1S/C28H59NO/c1-4-6-8-10-12-14-16-17-19-21-23-25-27-29(28(3)30)26-24-22-20-18-15-13-11-9-7-5-2/h28,30H,4-27H2,1-3H3. The molecule has 0 radical (unpaired) electrons. The van der Waals surface area contributed by atoms with Crippen molar-refractivity contribution in [3.05, 3.63) is 0 Å². The lowest BCUT2D eigenvalue weighted by atomic mass is 10.1. The number of aliphatic hydroxyl groups is 1. The lowest BCUT2D eigenvalue weighted by molar-refractivity contribution is 0.0163.